The number of hydrogen-bond acceptors (Lipinski definition) is 8. The number of likely N-dealkylation sites (N-methyl/N-ethyl adjacent to an activating group) is 1. The number of benzene rings is 1. The number of esters is 2. The van der Waals surface area contributed by atoms with E-state index in [1.54, 1.807) is 13.8 Å². The van der Waals surface area contributed by atoms with Gasteiger partial charge in [0.15, 0.2) is 5.78 Å². The quantitative estimate of drug-likeness (QED) is 0.196. The van der Waals surface area contributed by atoms with Crippen LogP contribution in [0.5, 0.6) is 0 Å². The molecule has 0 heterocycles. The number of allylic oxidation sites excluding steroid dienone is 1. The third-order valence-electron chi connectivity index (χ3n) is 17.5. The van der Waals surface area contributed by atoms with E-state index in [1.807, 2.05) is 32.9 Å². The smallest absolute Gasteiger partial charge is 0.312 e. The molecule has 1 unspecified atom stereocenters. The number of hydrogen-bond donors (Lipinski definition) is 1. The van der Waals surface area contributed by atoms with Gasteiger partial charge < -0.3 is 19.5 Å². The molecule has 1 aromatic carbocycles. The fourth-order valence-corrected chi connectivity index (χ4v) is 14.3. The summed E-state index contributed by atoms with van der Waals surface area (Å²) >= 11 is 6.26. The van der Waals surface area contributed by atoms with Gasteiger partial charge in [0, 0.05) is 48.5 Å². The predicted molar refractivity (Wildman–Crippen MR) is 245 cm³/mol. The van der Waals surface area contributed by atoms with Gasteiger partial charge in [-0.3, -0.25) is 19.3 Å². The maximum atomic E-state index is 14.4. The van der Waals surface area contributed by atoms with E-state index in [4.69, 9.17) is 21.1 Å². The second-order valence-corrected chi connectivity index (χ2v) is 24.4. The van der Waals surface area contributed by atoms with Gasteiger partial charge in [-0.2, -0.15) is 0 Å². The number of carbonyl (C=O) groups is 3. The number of Topliss-reactive ketones (excluding diaryl/α,β-unsaturated/α-hetero) is 1. The first kappa shape index (κ1) is 48.2. The molecule has 4 fully saturated rings. The second kappa shape index (κ2) is 16.9. The van der Waals surface area contributed by atoms with Crippen LogP contribution in [0.3, 0.4) is 0 Å². The van der Waals surface area contributed by atoms with Crippen LogP contribution < -0.4 is 0 Å². The number of carbonyl (C=O) groups excluding carboxylic acids is 3. The first-order chi connectivity index (χ1) is 28.1. The minimum atomic E-state index is -0.982. The average molecular weight is 866 g/mol. The molecule has 0 radical (unpaired) electrons. The Bertz CT molecular complexity index is 1850. The van der Waals surface area contributed by atoms with Crippen molar-refractivity contribution in [1.29, 1.82) is 0 Å². The zero-order chi connectivity index (χ0) is 45.3. The normalized spacial score (nSPS) is 34.2. The van der Waals surface area contributed by atoms with Crippen molar-refractivity contribution in [2.24, 2.45) is 56.2 Å². The molecule has 5 aliphatic carbocycles. The molecule has 5 aliphatic rings. The van der Waals surface area contributed by atoms with Gasteiger partial charge in [0.2, 0.25) is 0 Å². The molecule has 1 aromatic rings. The van der Waals surface area contributed by atoms with Crippen LogP contribution >= 0.6 is 11.6 Å². The average Bonchev–Trinajstić information content (AvgIpc) is 3.45. The number of halogens is 1. The number of ether oxygens (including phenoxy) is 2. The van der Waals surface area contributed by atoms with Gasteiger partial charge in [0.1, 0.15) is 11.7 Å². The number of fused-ring (bicyclic) bond motifs is 7. The van der Waals surface area contributed by atoms with Gasteiger partial charge in [-0.25, -0.2) is 0 Å². The molecule has 0 spiro atoms. The fourth-order valence-electron chi connectivity index (χ4n) is 14.2. The SMILES string of the molecule is CC(C)C1=C2[C@H]3CC[C@@H]4[C@@]5(C)CC[C@H](OC(=O)CC(C)(C)C(=O)OC(C)(C)C)C(C)(C)C5CC[C@@]4(C)[C@]3(C)CC[C@@]2([C@@H](O)CN(CCN(C)C)Cc2ccc(Cl)cc2)CC1=O. The van der Waals surface area contributed by atoms with Gasteiger partial charge in [-0.15, -0.1) is 0 Å². The van der Waals surface area contributed by atoms with E-state index in [2.05, 4.69) is 84.5 Å². The first-order valence-corrected chi connectivity index (χ1v) is 24.0. The summed E-state index contributed by atoms with van der Waals surface area (Å²) < 4.78 is 12.0. The molecule has 9 heteroatoms. The lowest BCUT2D eigenvalue weighted by Crippen LogP contribution is -2.66. The van der Waals surface area contributed by atoms with Gasteiger partial charge >= 0.3 is 11.9 Å². The maximum Gasteiger partial charge on any atom is 0.312 e. The molecule has 9 atom stereocenters. The Morgan fingerprint density at radius 3 is 2.13 bits per heavy atom. The summed E-state index contributed by atoms with van der Waals surface area (Å²) in [5.41, 5.74) is 1.16. The van der Waals surface area contributed by atoms with Crippen molar-refractivity contribution < 1.29 is 29.0 Å². The van der Waals surface area contributed by atoms with Crippen molar-refractivity contribution in [1.82, 2.24) is 9.80 Å². The van der Waals surface area contributed by atoms with Crippen molar-refractivity contribution in [3.63, 3.8) is 0 Å². The molecule has 0 bridgehead atoms. The molecule has 0 amide bonds. The summed E-state index contributed by atoms with van der Waals surface area (Å²) in [6.45, 7) is 28.7. The molecular formula is C52H81ClN2O6. The minimum absolute atomic E-state index is 0.0137. The largest absolute Gasteiger partial charge is 0.462 e. The molecule has 0 aromatic heterocycles. The van der Waals surface area contributed by atoms with Gasteiger partial charge in [0.05, 0.1) is 17.9 Å². The van der Waals surface area contributed by atoms with Crippen LogP contribution in [0.1, 0.15) is 153 Å². The third-order valence-corrected chi connectivity index (χ3v) is 17.7. The molecule has 8 nitrogen and oxygen atoms in total. The first-order valence-electron chi connectivity index (χ1n) is 23.6. The Morgan fingerprint density at radius 1 is 0.869 bits per heavy atom. The highest BCUT2D eigenvalue weighted by molar-refractivity contribution is 6.30. The van der Waals surface area contributed by atoms with Crippen LogP contribution in [0.4, 0.5) is 0 Å². The van der Waals surface area contributed by atoms with E-state index in [0.717, 1.165) is 75.6 Å². The van der Waals surface area contributed by atoms with E-state index < -0.39 is 22.5 Å². The summed E-state index contributed by atoms with van der Waals surface area (Å²) in [6, 6.07) is 8.03. The highest BCUT2D eigenvalue weighted by Crippen LogP contribution is 2.77. The standard InChI is InChI=1S/C52H81ClN2O6/c1-33(2)43-37(56)29-52(40(57)32-55(28-27-54(13)14)31-34-15-17-35(53)18-16-34)26-25-50(11)36(44(43)52)19-20-39-49(10)23-22-41(48(8,9)38(49)21-24-51(39,50)12)60-42(58)30-47(6,7)45(59)61-46(3,4)5/h15-18,33,36,38-41,57H,19-32H2,1-14H3/t36-,38?,39-,40+,41+,49+,50-,51-,52+/m1/s1. The fraction of sp³-hybridized carbons (Fsp3) is 0.788. The molecule has 0 saturated heterocycles. The van der Waals surface area contributed by atoms with Crippen molar-refractivity contribution >= 4 is 29.3 Å². The Kier molecular flexibility index (Phi) is 13.4. The summed E-state index contributed by atoms with van der Waals surface area (Å²) in [6.07, 6.45) is 7.41. The summed E-state index contributed by atoms with van der Waals surface area (Å²) in [7, 11) is 4.18. The monoisotopic (exact) mass is 865 g/mol. The highest BCUT2D eigenvalue weighted by Gasteiger charge is 2.71. The van der Waals surface area contributed by atoms with Crippen molar-refractivity contribution in [2.45, 2.75) is 172 Å². The predicted octanol–water partition coefficient (Wildman–Crippen LogP) is 10.7. The van der Waals surface area contributed by atoms with Gasteiger partial charge in [0.25, 0.3) is 0 Å². The Hall–Kier alpha value is -2.26. The molecule has 342 valence electrons. The van der Waals surface area contributed by atoms with Gasteiger partial charge in [-0.1, -0.05) is 77.8 Å². The number of nitrogens with zero attached hydrogens (tertiary/aromatic N) is 2. The molecule has 0 aliphatic heterocycles. The Morgan fingerprint density at radius 2 is 1.52 bits per heavy atom. The topological polar surface area (TPSA) is 96.4 Å². The number of aliphatic hydroxyl groups excluding tert-OH is 1. The zero-order valence-electron chi connectivity index (χ0n) is 40.4. The number of ketones is 1. The molecule has 61 heavy (non-hydrogen) atoms. The minimum Gasteiger partial charge on any atom is -0.462 e. The summed E-state index contributed by atoms with van der Waals surface area (Å²) in [5.74, 6) is 0.743. The highest BCUT2D eigenvalue weighted by atomic mass is 35.5. The van der Waals surface area contributed by atoms with Gasteiger partial charge in [-0.05, 0) is 163 Å². The third kappa shape index (κ3) is 8.80. The van der Waals surface area contributed by atoms with Crippen molar-refractivity contribution in [3.8, 4) is 0 Å². The van der Waals surface area contributed by atoms with E-state index in [9.17, 15) is 19.5 Å². The molecule has 6 rings (SSSR count). The van der Waals surface area contributed by atoms with Crippen LogP contribution in [-0.2, 0) is 30.4 Å². The van der Waals surface area contributed by atoms with Crippen LogP contribution in [0.2, 0.25) is 5.02 Å². The van der Waals surface area contributed by atoms with Crippen molar-refractivity contribution in [2.75, 3.05) is 33.7 Å². The van der Waals surface area contributed by atoms with Crippen LogP contribution in [0.15, 0.2) is 35.4 Å². The van der Waals surface area contributed by atoms with Crippen LogP contribution in [0, 0.1) is 56.2 Å². The lowest BCUT2D eigenvalue weighted by molar-refractivity contribution is -0.235. The molecular weight excluding hydrogens is 784 g/mol. The Balaban J connectivity index is 1.25. The van der Waals surface area contributed by atoms with E-state index in [-0.39, 0.29) is 63.7 Å². The van der Waals surface area contributed by atoms with Crippen LogP contribution in [-0.4, -0.2) is 84.2 Å². The van der Waals surface area contributed by atoms with E-state index >= 15 is 0 Å². The lowest BCUT2D eigenvalue weighted by Gasteiger charge is -2.72. The summed E-state index contributed by atoms with van der Waals surface area (Å²) in [5, 5.41) is 13.5. The molecule has 4 saturated carbocycles. The number of aliphatic hydroxyl groups is 1. The second-order valence-electron chi connectivity index (χ2n) is 23.9. The van der Waals surface area contributed by atoms with Crippen LogP contribution in [0.25, 0.3) is 0 Å². The van der Waals surface area contributed by atoms with E-state index in [1.165, 1.54) is 5.57 Å². The van der Waals surface area contributed by atoms with E-state index in [0.29, 0.717) is 36.4 Å². The Labute approximate surface area is 374 Å². The number of rotatable bonds is 13. The molecule has 1 N–H and O–H groups in total. The lowest BCUT2D eigenvalue weighted by atomic mass is 9.33. The summed E-state index contributed by atoms with van der Waals surface area (Å²) in [4.78, 5) is 45.6. The van der Waals surface area contributed by atoms with Crippen molar-refractivity contribution in [3.05, 3.63) is 46.0 Å². The zero-order valence-corrected chi connectivity index (χ0v) is 41.2. The maximum absolute atomic E-state index is 14.4.